The first-order valence-electron chi connectivity index (χ1n) is 13.2. The molecule has 0 atom stereocenters. The summed E-state index contributed by atoms with van der Waals surface area (Å²) < 4.78 is 8.20. The molecule has 1 N–H and O–H groups in total. The number of carbonyl (C=O) groups excluding carboxylic acids is 1. The number of rotatable bonds is 7. The van der Waals surface area contributed by atoms with Gasteiger partial charge >= 0.3 is 0 Å². The first-order chi connectivity index (χ1) is 20.5. The van der Waals surface area contributed by atoms with Crippen molar-refractivity contribution in [1.29, 1.82) is 5.26 Å². The van der Waals surface area contributed by atoms with E-state index in [9.17, 15) is 10.1 Å². The number of halogens is 2. The number of ether oxygens (including phenoxy) is 1. The van der Waals surface area contributed by atoms with Gasteiger partial charge in [0.05, 0.1) is 39.6 Å². The second-order valence-electron chi connectivity index (χ2n) is 9.54. The lowest BCUT2D eigenvalue weighted by atomic mass is 10.0. The lowest BCUT2D eigenvalue weighted by molar-refractivity contribution is 0.0303. The van der Waals surface area contributed by atoms with E-state index in [1.807, 2.05) is 76.3 Å². The fourth-order valence-corrected chi connectivity index (χ4v) is 6.67. The maximum Gasteiger partial charge on any atom is 0.254 e. The van der Waals surface area contributed by atoms with Crippen LogP contribution in [0.1, 0.15) is 15.9 Å². The van der Waals surface area contributed by atoms with Gasteiger partial charge in [-0.2, -0.15) is 5.26 Å². The van der Waals surface area contributed by atoms with Crippen molar-refractivity contribution in [2.75, 3.05) is 31.6 Å². The Kier molecular flexibility index (Phi) is 8.62. The SMILES string of the molecule is N#Cc1cnc2cc(-c3ccc(C(=O)N4CCOCC4)cc3)ccc2c1Nc1ccc(Sc2nccn2CI)c(Cl)c1. The van der Waals surface area contributed by atoms with Crippen LogP contribution in [0.15, 0.2) is 89.3 Å². The van der Waals surface area contributed by atoms with Crippen LogP contribution in [0.2, 0.25) is 5.02 Å². The summed E-state index contributed by atoms with van der Waals surface area (Å²) in [6.07, 6.45) is 5.29. The van der Waals surface area contributed by atoms with Crippen molar-refractivity contribution in [3.63, 3.8) is 0 Å². The van der Waals surface area contributed by atoms with Gasteiger partial charge in [-0.05, 0) is 47.5 Å². The molecule has 0 radical (unpaired) electrons. The molecule has 0 spiro atoms. The van der Waals surface area contributed by atoms with Crippen molar-refractivity contribution < 1.29 is 9.53 Å². The molecule has 1 amide bonds. The summed E-state index contributed by atoms with van der Waals surface area (Å²) in [4.78, 5) is 24.5. The number of nitriles is 1. The van der Waals surface area contributed by atoms with Crippen LogP contribution in [-0.2, 0) is 9.29 Å². The average molecular weight is 707 g/mol. The van der Waals surface area contributed by atoms with Crippen LogP contribution in [0.5, 0.6) is 0 Å². The minimum Gasteiger partial charge on any atom is -0.378 e. The fraction of sp³-hybridized carbons (Fsp3) is 0.161. The van der Waals surface area contributed by atoms with Crippen LogP contribution >= 0.6 is 46.0 Å². The number of aromatic nitrogens is 3. The molecule has 2 aromatic heterocycles. The van der Waals surface area contributed by atoms with E-state index in [0.29, 0.717) is 48.1 Å². The molecule has 0 saturated carbocycles. The third-order valence-electron chi connectivity index (χ3n) is 6.96. The van der Waals surface area contributed by atoms with Crippen molar-refractivity contribution in [3.8, 4) is 17.2 Å². The summed E-state index contributed by atoms with van der Waals surface area (Å²) in [5.74, 6) is 0.0171. The second kappa shape index (κ2) is 12.7. The van der Waals surface area contributed by atoms with Gasteiger partial charge in [-0.3, -0.25) is 9.78 Å². The lowest BCUT2D eigenvalue weighted by Crippen LogP contribution is -2.40. The number of hydrogen-bond donors (Lipinski definition) is 1. The number of carbonyl (C=O) groups is 1. The summed E-state index contributed by atoms with van der Waals surface area (Å²) in [6.45, 7) is 2.36. The van der Waals surface area contributed by atoms with Crippen LogP contribution in [0.25, 0.3) is 22.0 Å². The van der Waals surface area contributed by atoms with E-state index in [4.69, 9.17) is 16.3 Å². The number of nitrogens with one attached hydrogen (secondary N) is 1. The van der Waals surface area contributed by atoms with E-state index in [2.05, 4.69) is 43.9 Å². The Morgan fingerprint density at radius 3 is 2.60 bits per heavy atom. The van der Waals surface area contributed by atoms with Gasteiger partial charge in [0.2, 0.25) is 0 Å². The number of fused-ring (bicyclic) bond motifs is 1. The summed E-state index contributed by atoms with van der Waals surface area (Å²) in [7, 11) is 0. The zero-order valence-electron chi connectivity index (χ0n) is 22.3. The largest absolute Gasteiger partial charge is 0.378 e. The molecule has 210 valence electrons. The van der Waals surface area contributed by atoms with E-state index in [-0.39, 0.29) is 5.91 Å². The number of anilines is 2. The standard InChI is InChI=1S/C31H24ClIN6O2S/c32-26-16-24(6-8-28(26)42-31-35-9-10-39(31)19-33)37-29-23(17-34)18-36-27-15-22(5-7-25(27)29)20-1-3-21(4-2-20)30(40)38-11-13-41-14-12-38/h1-10,15-16,18H,11-14,19H2,(H,36,37). The van der Waals surface area contributed by atoms with Gasteiger partial charge in [0, 0.05) is 53.2 Å². The Bertz CT molecular complexity index is 1820. The van der Waals surface area contributed by atoms with Crippen molar-refractivity contribution in [1.82, 2.24) is 19.4 Å². The van der Waals surface area contributed by atoms with Crippen LogP contribution in [0.3, 0.4) is 0 Å². The zero-order valence-corrected chi connectivity index (χ0v) is 26.0. The molecule has 42 heavy (non-hydrogen) atoms. The van der Waals surface area contributed by atoms with Gasteiger partial charge in [0.1, 0.15) is 6.07 Å². The molecule has 0 aliphatic carbocycles. The first-order valence-corrected chi connectivity index (χ1v) is 15.9. The van der Waals surface area contributed by atoms with Gasteiger partial charge in [-0.25, -0.2) is 4.98 Å². The molecule has 1 aliphatic rings. The van der Waals surface area contributed by atoms with Crippen molar-refractivity contribution in [2.45, 2.75) is 14.6 Å². The van der Waals surface area contributed by atoms with Crippen molar-refractivity contribution >= 4 is 74.1 Å². The molecule has 5 aromatic rings. The molecule has 0 unspecified atom stereocenters. The smallest absolute Gasteiger partial charge is 0.254 e. The molecule has 8 nitrogen and oxygen atoms in total. The third-order valence-corrected chi connectivity index (χ3v) is 9.22. The quantitative estimate of drug-likeness (QED) is 0.139. The number of morpholine rings is 1. The highest BCUT2D eigenvalue weighted by molar-refractivity contribution is 14.1. The zero-order chi connectivity index (χ0) is 29.1. The summed E-state index contributed by atoms with van der Waals surface area (Å²) in [5.41, 5.74) is 5.19. The molecule has 3 aromatic carbocycles. The molecule has 6 rings (SSSR count). The summed E-state index contributed by atoms with van der Waals surface area (Å²) in [5, 5.41) is 15.5. The van der Waals surface area contributed by atoms with Crippen LogP contribution in [0.4, 0.5) is 11.4 Å². The number of benzene rings is 3. The Morgan fingerprint density at radius 2 is 1.86 bits per heavy atom. The number of nitrogens with zero attached hydrogens (tertiary/aromatic N) is 5. The Balaban J connectivity index is 1.25. The van der Waals surface area contributed by atoms with Gasteiger partial charge in [-0.15, -0.1) is 0 Å². The first kappa shape index (κ1) is 28.5. The predicted octanol–water partition coefficient (Wildman–Crippen LogP) is 7.38. The Morgan fingerprint density at radius 1 is 1.07 bits per heavy atom. The van der Waals surface area contributed by atoms with E-state index < -0.39 is 0 Å². The number of imidazole rings is 1. The van der Waals surface area contributed by atoms with Crippen LogP contribution < -0.4 is 5.32 Å². The highest BCUT2D eigenvalue weighted by Crippen LogP contribution is 2.37. The number of pyridine rings is 1. The molecule has 0 bridgehead atoms. The van der Waals surface area contributed by atoms with E-state index in [0.717, 1.165) is 42.3 Å². The minimum atomic E-state index is 0.0171. The second-order valence-corrected chi connectivity index (χ2v) is 11.6. The monoisotopic (exact) mass is 706 g/mol. The fourth-order valence-electron chi connectivity index (χ4n) is 4.74. The van der Waals surface area contributed by atoms with Gasteiger partial charge in [0.25, 0.3) is 5.91 Å². The summed E-state index contributed by atoms with van der Waals surface area (Å²) >= 11 is 10.5. The highest BCUT2D eigenvalue weighted by atomic mass is 127. The van der Waals surface area contributed by atoms with Crippen molar-refractivity contribution in [2.24, 2.45) is 0 Å². The van der Waals surface area contributed by atoms with Crippen molar-refractivity contribution in [3.05, 3.63) is 95.4 Å². The topological polar surface area (TPSA) is 96.1 Å². The molecule has 1 aliphatic heterocycles. The average Bonchev–Trinajstić information content (AvgIpc) is 3.49. The van der Waals surface area contributed by atoms with E-state index in [1.54, 1.807) is 12.4 Å². The highest BCUT2D eigenvalue weighted by Gasteiger charge is 2.19. The third kappa shape index (κ3) is 5.96. The number of amides is 1. The molecule has 1 fully saturated rings. The predicted molar refractivity (Wildman–Crippen MR) is 174 cm³/mol. The normalized spacial score (nSPS) is 13.2. The van der Waals surface area contributed by atoms with Crippen LogP contribution in [-0.4, -0.2) is 51.6 Å². The Labute approximate surface area is 265 Å². The molecule has 3 heterocycles. The van der Waals surface area contributed by atoms with Crippen LogP contribution in [0, 0.1) is 11.3 Å². The maximum absolute atomic E-state index is 12.8. The summed E-state index contributed by atoms with van der Waals surface area (Å²) in [6, 6.07) is 21.5. The van der Waals surface area contributed by atoms with Gasteiger partial charge in [-0.1, -0.05) is 70.2 Å². The minimum absolute atomic E-state index is 0.0171. The molecule has 1 saturated heterocycles. The molecular weight excluding hydrogens is 683 g/mol. The number of alkyl halides is 1. The molecular formula is C31H24ClIN6O2S. The Hall–Kier alpha value is -3.63. The number of hydrogen-bond acceptors (Lipinski definition) is 7. The van der Waals surface area contributed by atoms with Gasteiger partial charge < -0.3 is 19.5 Å². The molecule has 11 heteroatoms. The van der Waals surface area contributed by atoms with E-state index in [1.165, 1.54) is 11.8 Å². The lowest BCUT2D eigenvalue weighted by Gasteiger charge is -2.26. The maximum atomic E-state index is 12.8. The van der Waals surface area contributed by atoms with Gasteiger partial charge in [0.15, 0.2) is 5.16 Å². The van der Waals surface area contributed by atoms with E-state index >= 15 is 0 Å².